The first kappa shape index (κ1) is 16.5. The molecule has 23 heavy (non-hydrogen) atoms. The van der Waals surface area contributed by atoms with Gasteiger partial charge in [-0.3, -0.25) is 9.59 Å². The van der Waals surface area contributed by atoms with Crippen LogP contribution in [0.4, 0.5) is 0 Å². The summed E-state index contributed by atoms with van der Waals surface area (Å²) < 4.78 is 12.2. The summed E-state index contributed by atoms with van der Waals surface area (Å²) in [6, 6.07) is 3.27. The predicted octanol–water partition coefficient (Wildman–Crippen LogP) is 2.63. The van der Waals surface area contributed by atoms with Crippen LogP contribution in [0.2, 0.25) is 0 Å². The predicted molar refractivity (Wildman–Crippen MR) is 94.8 cm³/mol. The van der Waals surface area contributed by atoms with E-state index in [4.69, 9.17) is 9.47 Å². The highest BCUT2D eigenvalue weighted by atomic mass is 127. The normalized spacial score (nSPS) is 20.1. The van der Waals surface area contributed by atoms with Gasteiger partial charge in [-0.2, -0.15) is 0 Å². The molecule has 2 aliphatic heterocycles. The second-order valence-electron chi connectivity index (χ2n) is 5.85. The fraction of sp³-hybridized carbons (Fsp3) is 0.529. The summed E-state index contributed by atoms with van der Waals surface area (Å²) in [5.41, 5.74) is 1.32. The third-order valence-electron chi connectivity index (χ3n) is 4.41. The van der Waals surface area contributed by atoms with Gasteiger partial charge in [-0.15, -0.1) is 0 Å². The summed E-state index contributed by atoms with van der Waals surface area (Å²) in [4.78, 5) is 27.0. The Hall–Kier alpha value is -1.31. The SMILES string of the molecule is COc1cc2c(cc1OCCCI)CC(=O)[C@@H]1CCCN1C2=O. The number of nitrogens with zero attached hydrogens (tertiary/aromatic N) is 1. The zero-order valence-electron chi connectivity index (χ0n) is 13.1. The van der Waals surface area contributed by atoms with Gasteiger partial charge in [0.25, 0.3) is 5.91 Å². The van der Waals surface area contributed by atoms with Crippen molar-refractivity contribution in [2.24, 2.45) is 0 Å². The maximum atomic E-state index is 12.8. The highest BCUT2D eigenvalue weighted by Gasteiger charge is 2.38. The maximum Gasteiger partial charge on any atom is 0.254 e. The summed E-state index contributed by atoms with van der Waals surface area (Å²) in [5.74, 6) is 1.22. The number of methoxy groups -OCH3 is 1. The van der Waals surface area contributed by atoms with Crippen LogP contribution in [-0.2, 0) is 11.2 Å². The minimum absolute atomic E-state index is 0.0644. The number of alkyl halides is 1. The fourth-order valence-electron chi connectivity index (χ4n) is 3.26. The van der Waals surface area contributed by atoms with Gasteiger partial charge in [-0.1, -0.05) is 22.6 Å². The van der Waals surface area contributed by atoms with Crippen molar-refractivity contribution in [3.8, 4) is 11.5 Å². The highest BCUT2D eigenvalue weighted by molar-refractivity contribution is 14.1. The van der Waals surface area contributed by atoms with E-state index in [1.807, 2.05) is 0 Å². The summed E-state index contributed by atoms with van der Waals surface area (Å²) in [7, 11) is 1.57. The molecule has 1 amide bonds. The number of Topliss-reactive ketones (excluding diaryl/α,β-unsaturated/α-hetero) is 1. The average molecular weight is 429 g/mol. The number of halogens is 1. The van der Waals surface area contributed by atoms with E-state index in [9.17, 15) is 9.59 Å². The van der Waals surface area contributed by atoms with Crippen LogP contribution in [0.3, 0.4) is 0 Å². The van der Waals surface area contributed by atoms with E-state index >= 15 is 0 Å². The molecule has 6 heteroatoms. The van der Waals surface area contributed by atoms with Gasteiger partial charge >= 0.3 is 0 Å². The summed E-state index contributed by atoms with van der Waals surface area (Å²) in [6.07, 6.45) is 2.89. The Balaban J connectivity index is 1.97. The van der Waals surface area contributed by atoms with Gasteiger partial charge in [-0.05, 0) is 37.0 Å². The van der Waals surface area contributed by atoms with Crippen molar-refractivity contribution in [3.05, 3.63) is 23.3 Å². The van der Waals surface area contributed by atoms with Crippen molar-refractivity contribution in [1.82, 2.24) is 4.90 Å². The molecule has 0 unspecified atom stereocenters. The standard InChI is InChI=1S/C17H20INO4/c1-22-15-10-12-11(9-16(15)23-7-3-5-18)8-14(20)13-4-2-6-19(13)17(12)21/h9-10,13H,2-8H2,1H3/t13-/m0/s1. The Morgan fingerprint density at radius 2 is 2.13 bits per heavy atom. The van der Waals surface area contributed by atoms with E-state index < -0.39 is 0 Å². The largest absolute Gasteiger partial charge is 0.493 e. The molecular weight excluding hydrogens is 409 g/mol. The van der Waals surface area contributed by atoms with Gasteiger partial charge in [-0.25, -0.2) is 0 Å². The fourth-order valence-corrected chi connectivity index (χ4v) is 3.57. The van der Waals surface area contributed by atoms with Crippen LogP contribution in [-0.4, -0.2) is 47.3 Å². The van der Waals surface area contributed by atoms with E-state index in [2.05, 4.69) is 22.6 Å². The number of ketones is 1. The first-order valence-electron chi connectivity index (χ1n) is 7.89. The lowest BCUT2D eigenvalue weighted by molar-refractivity contribution is -0.121. The van der Waals surface area contributed by atoms with Crippen LogP contribution in [0, 0.1) is 0 Å². The van der Waals surface area contributed by atoms with Gasteiger partial charge in [0.1, 0.15) is 0 Å². The van der Waals surface area contributed by atoms with Crippen molar-refractivity contribution in [2.45, 2.75) is 31.7 Å². The number of carbonyl (C=O) groups excluding carboxylic acids is 2. The first-order valence-corrected chi connectivity index (χ1v) is 9.41. The summed E-state index contributed by atoms with van der Waals surface area (Å²) >= 11 is 2.30. The molecule has 1 aromatic rings. The average Bonchev–Trinajstić information content (AvgIpc) is 3.01. The lowest BCUT2D eigenvalue weighted by atomic mass is 9.99. The van der Waals surface area contributed by atoms with Crippen LogP contribution >= 0.6 is 22.6 Å². The van der Waals surface area contributed by atoms with Crippen LogP contribution < -0.4 is 9.47 Å². The molecule has 0 bridgehead atoms. The quantitative estimate of drug-likeness (QED) is 0.411. The van der Waals surface area contributed by atoms with Crippen LogP contribution in [0.5, 0.6) is 11.5 Å². The lowest BCUT2D eigenvalue weighted by Crippen LogP contribution is -2.38. The Labute approximate surface area is 149 Å². The van der Waals surface area contributed by atoms with Crippen molar-refractivity contribution < 1.29 is 19.1 Å². The monoisotopic (exact) mass is 429 g/mol. The third kappa shape index (κ3) is 3.18. The zero-order chi connectivity index (χ0) is 16.4. The Kier molecular flexibility index (Phi) is 5.08. The molecule has 0 saturated carbocycles. The number of benzene rings is 1. The topological polar surface area (TPSA) is 55.8 Å². The molecule has 0 aromatic heterocycles. The van der Waals surface area contributed by atoms with E-state index in [1.54, 1.807) is 24.1 Å². The van der Waals surface area contributed by atoms with E-state index in [0.717, 1.165) is 29.3 Å². The number of fused-ring (bicyclic) bond motifs is 2. The highest BCUT2D eigenvalue weighted by Crippen LogP contribution is 2.35. The number of hydrogen-bond donors (Lipinski definition) is 0. The van der Waals surface area contributed by atoms with Gasteiger partial charge in [0, 0.05) is 23.0 Å². The van der Waals surface area contributed by atoms with Crippen LogP contribution in [0.1, 0.15) is 35.2 Å². The molecule has 0 radical (unpaired) electrons. The molecule has 124 valence electrons. The lowest BCUT2D eigenvalue weighted by Gasteiger charge is -2.21. The molecule has 2 heterocycles. The van der Waals surface area contributed by atoms with Crippen molar-refractivity contribution >= 4 is 34.3 Å². The number of rotatable bonds is 5. The molecule has 0 aliphatic carbocycles. The zero-order valence-corrected chi connectivity index (χ0v) is 15.3. The minimum atomic E-state index is -0.260. The van der Waals surface area contributed by atoms with Gasteiger partial charge < -0.3 is 14.4 Å². The van der Waals surface area contributed by atoms with Gasteiger partial charge in [0.2, 0.25) is 0 Å². The minimum Gasteiger partial charge on any atom is -0.493 e. The van der Waals surface area contributed by atoms with Crippen molar-refractivity contribution in [3.63, 3.8) is 0 Å². The van der Waals surface area contributed by atoms with Crippen molar-refractivity contribution in [1.29, 1.82) is 0 Å². The van der Waals surface area contributed by atoms with E-state index in [0.29, 0.717) is 30.2 Å². The van der Waals surface area contributed by atoms with Crippen LogP contribution in [0.15, 0.2) is 12.1 Å². The van der Waals surface area contributed by atoms with Crippen LogP contribution in [0.25, 0.3) is 0 Å². The molecule has 1 aromatic carbocycles. The molecule has 1 fully saturated rings. The van der Waals surface area contributed by atoms with E-state index in [1.165, 1.54) is 0 Å². The van der Waals surface area contributed by atoms with Crippen molar-refractivity contribution in [2.75, 3.05) is 24.7 Å². The molecule has 5 nitrogen and oxygen atoms in total. The number of hydrogen-bond acceptors (Lipinski definition) is 4. The molecule has 2 aliphatic rings. The summed E-state index contributed by atoms with van der Waals surface area (Å²) in [6.45, 7) is 1.25. The Bertz CT molecular complexity index is 631. The number of ether oxygens (including phenoxy) is 2. The summed E-state index contributed by atoms with van der Waals surface area (Å²) in [5, 5.41) is 0. The van der Waals surface area contributed by atoms with Gasteiger partial charge in [0.15, 0.2) is 17.3 Å². The smallest absolute Gasteiger partial charge is 0.254 e. The van der Waals surface area contributed by atoms with Gasteiger partial charge in [0.05, 0.1) is 19.8 Å². The molecule has 0 spiro atoms. The molecule has 1 saturated heterocycles. The Morgan fingerprint density at radius 3 is 2.87 bits per heavy atom. The number of carbonyl (C=O) groups is 2. The van der Waals surface area contributed by atoms with E-state index in [-0.39, 0.29) is 24.2 Å². The molecular formula is C17H20INO4. The number of amides is 1. The molecule has 1 atom stereocenters. The second-order valence-corrected chi connectivity index (χ2v) is 6.93. The Morgan fingerprint density at radius 1 is 1.30 bits per heavy atom. The molecule has 3 rings (SSSR count). The maximum absolute atomic E-state index is 12.8. The third-order valence-corrected chi connectivity index (χ3v) is 5.17. The first-order chi connectivity index (χ1) is 11.2. The second kappa shape index (κ2) is 7.07. The molecule has 0 N–H and O–H groups in total.